The van der Waals surface area contributed by atoms with E-state index < -0.39 is 0 Å². The molecule has 2 atom stereocenters. The van der Waals surface area contributed by atoms with E-state index in [1.807, 2.05) is 13.8 Å². The van der Waals surface area contributed by atoms with Crippen molar-refractivity contribution in [2.24, 2.45) is 11.8 Å². The molecular weight excluding hydrogens is 277 g/mol. The van der Waals surface area contributed by atoms with Gasteiger partial charge in [-0.05, 0) is 0 Å². The standard InChI is InChI=1S/C8H16OP2.Rh/c1-5(2)7(9)11-8(10)6(3)4;/h5-6,8,11H,1-4H3;. The molecule has 0 heterocycles. The molecule has 0 saturated carbocycles. The van der Waals surface area contributed by atoms with Crippen LogP contribution in [0, 0.1) is 11.8 Å². The van der Waals surface area contributed by atoms with Gasteiger partial charge in [0.2, 0.25) is 0 Å². The Kier molecular flexibility index (Phi) is 7.03. The van der Waals surface area contributed by atoms with Gasteiger partial charge in [0.1, 0.15) is 0 Å². The van der Waals surface area contributed by atoms with Crippen molar-refractivity contribution < 1.29 is 22.1 Å². The Bertz CT molecular complexity index is 168. The van der Waals surface area contributed by atoms with Gasteiger partial charge < -0.3 is 0 Å². The van der Waals surface area contributed by atoms with Crippen molar-refractivity contribution in [3.63, 3.8) is 0 Å². The van der Waals surface area contributed by atoms with E-state index in [0.717, 1.165) is 0 Å². The van der Waals surface area contributed by atoms with Crippen LogP contribution in [0.1, 0.15) is 27.7 Å². The second-order valence-electron chi connectivity index (χ2n) is 3.44. The van der Waals surface area contributed by atoms with Crippen molar-refractivity contribution in [3.8, 4) is 0 Å². The predicted octanol–water partition coefficient (Wildman–Crippen LogP) is 3.24. The summed E-state index contributed by atoms with van der Waals surface area (Å²) in [6.07, 6.45) is 0. The number of hydrogen-bond acceptors (Lipinski definition) is 1. The zero-order chi connectivity index (χ0) is 9.72. The molecular formula is C8H16OP2Rh. The summed E-state index contributed by atoms with van der Waals surface area (Å²) in [5, 5.41) is 0.534. The predicted molar refractivity (Wildman–Crippen MR) is 53.7 cm³/mol. The first-order valence-electron chi connectivity index (χ1n) is 4.08. The first-order chi connectivity index (χ1) is 5.49. The van der Waals surface area contributed by atoms with Crippen molar-refractivity contribution in [2.75, 3.05) is 0 Å². The minimum absolute atomic E-state index is 0.202. The van der Waals surface area contributed by atoms with Gasteiger partial charge in [-0.15, -0.1) is 0 Å². The van der Waals surface area contributed by atoms with Crippen LogP contribution >= 0.6 is 15.0 Å². The molecule has 2 unspecified atom stereocenters. The van der Waals surface area contributed by atoms with E-state index in [1.165, 1.54) is 6.46 Å². The van der Waals surface area contributed by atoms with Crippen molar-refractivity contribution >= 4 is 20.6 Å². The first-order valence-corrected chi connectivity index (χ1v) is 8.17. The molecule has 0 aromatic rings. The summed E-state index contributed by atoms with van der Waals surface area (Å²) >= 11 is 2.89. The van der Waals surface area contributed by atoms with Crippen LogP contribution in [-0.2, 0) is 22.1 Å². The Morgan fingerprint density at radius 3 is 2.08 bits per heavy atom. The van der Waals surface area contributed by atoms with Crippen molar-refractivity contribution in [1.82, 2.24) is 0 Å². The van der Waals surface area contributed by atoms with Gasteiger partial charge in [0.25, 0.3) is 0 Å². The van der Waals surface area contributed by atoms with Crippen molar-refractivity contribution in [2.45, 2.75) is 33.1 Å². The summed E-state index contributed by atoms with van der Waals surface area (Å²) in [7, 11) is 0.479. The molecule has 0 aliphatic carbocycles. The number of rotatable bonds is 5. The quantitative estimate of drug-likeness (QED) is 0.562. The molecule has 0 aliphatic rings. The number of carbonyl (C=O) groups excluding carboxylic acids is 1. The van der Waals surface area contributed by atoms with Crippen molar-refractivity contribution in [1.29, 1.82) is 0 Å². The molecule has 4 heteroatoms. The van der Waals surface area contributed by atoms with Crippen LogP contribution < -0.4 is 0 Å². The van der Waals surface area contributed by atoms with Crippen molar-refractivity contribution in [3.05, 3.63) is 0 Å². The summed E-state index contributed by atoms with van der Waals surface area (Å²) < 4.78 is 0. The Balaban J connectivity index is 4.03. The van der Waals surface area contributed by atoms with Crippen LogP contribution in [0.3, 0.4) is 0 Å². The molecule has 0 aromatic carbocycles. The third kappa shape index (κ3) is 4.91. The molecule has 12 heavy (non-hydrogen) atoms. The fourth-order valence-electron chi connectivity index (χ4n) is 0.600. The fourth-order valence-corrected chi connectivity index (χ4v) is 4.73. The van der Waals surface area contributed by atoms with Gasteiger partial charge in [0.15, 0.2) is 0 Å². The molecule has 0 spiro atoms. The minimum atomic E-state index is 0.202. The second-order valence-corrected chi connectivity index (χ2v) is 7.33. The molecule has 0 amide bonds. The summed E-state index contributed by atoms with van der Waals surface area (Å²) in [5.74, 6) is 0.811. The molecule has 0 aromatic heterocycles. The Morgan fingerprint density at radius 2 is 1.83 bits per heavy atom. The third-order valence-corrected chi connectivity index (χ3v) is 7.43. The molecule has 0 radical (unpaired) electrons. The van der Waals surface area contributed by atoms with E-state index in [9.17, 15) is 4.79 Å². The zero-order valence-corrected chi connectivity index (χ0v) is 11.5. The molecule has 0 aliphatic heterocycles. The summed E-state index contributed by atoms with van der Waals surface area (Å²) in [6.45, 7) is 9.56. The van der Waals surface area contributed by atoms with Gasteiger partial charge in [-0.3, -0.25) is 0 Å². The van der Waals surface area contributed by atoms with Gasteiger partial charge in [0, 0.05) is 0 Å². The molecule has 0 saturated heterocycles. The van der Waals surface area contributed by atoms with E-state index in [0.29, 0.717) is 25.4 Å². The van der Waals surface area contributed by atoms with Gasteiger partial charge in [-0.2, -0.15) is 0 Å². The van der Waals surface area contributed by atoms with E-state index in [-0.39, 0.29) is 5.92 Å². The maximum absolute atomic E-state index is 11.4. The summed E-state index contributed by atoms with van der Waals surface area (Å²) in [4.78, 5) is 11.4. The van der Waals surface area contributed by atoms with Crippen LogP contribution in [0.4, 0.5) is 0 Å². The number of hydrogen-bond donors (Lipinski definition) is 0. The van der Waals surface area contributed by atoms with Gasteiger partial charge in [-0.25, -0.2) is 0 Å². The molecule has 73 valence electrons. The summed E-state index contributed by atoms with van der Waals surface area (Å²) in [5.41, 5.74) is 0.416. The zero-order valence-electron chi connectivity index (χ0n) is 7.92. The van der Waals surface area contributed by atoms with Gasteiger partial charge >= 0.3 is 87.6 Å². The van der Waals surface area contributed by atoms with E-state index in [1.54, 1.807) is 0 Å². The van der Waals surface area contributed by atoms with Crippen LogP contribution in [-0.4, -0.2) is 10.9 Å². The monoisotopic (exact) mass is 293 g/mol. The average Bonchev–Trinajstić information content (AvgIpc) is 1.98. The Labute approximate surface area is 87.7 Å². The molecule has 1 nitrogen and oxygen atoms in total. The van der Waals surface area contributed by atoms with Crippen LogP contribution in [0.2, 0.25) is 0 Å². The molecule has 0 bridgehead atoms. The maximum atomic E-state index is 11.4. The molecule has 0 N–H and O–H groups in total. The Morgan fingerprint density at radius 1 is 1.33 bits per heavy atom. The first kappa shape index (κ1) is 13.0. The number of carbonyl (C=O) groups is 1. The van der Waals surface area contributed by atoms with E-state index in [2.05, 4.69) is 31.2 Å². The normalized spacial score (nSPS) is 15.2. The van der Waals surface area contributed by atoms with Gasteiger partial charge in [-0.1, -0.05) is 0 Å². The second kappa shape index (κ2) is 6.47. The Hall–Kier alpha value is 1.02. The molecule has 0 fully saturated rings. The summed E-state index contributed by atoms with van der Waals surface area (Å²) in [6, 6.07) is 0. The van der Waals surface area contributed by atoms with Gasteiger partial charge in [0.05, 0.1) is 0 Å². The molecule has 0 rings (SSSR count). The SMILES string of the molecule is CC(C)C(=O)PC([P]=[Rh])C(C)C. The third-order valence-electron chi connectivity index (χ3n) is 1.54. The average molecular weight is 293 g/mol. The van der Waals surface area contributed by atoms with E-state index in [4.69, 9.17) is 0 Å². The van der Waals surface area contributed by atoms with Crippen LogP contribution in [0.25, 0.3) is 0 Å². The fraction of sp³-hybridized carbons (Fsp3) is 0.875. The van der Waals surface area contributed by atoms with Crippen LogP contribution in [0.15, 0.2) is 0 Å². The van der Waals surface area contributed by atoms with Crippen LogP contribution in [0.5, 0.6) is 0 Å². The van der Waals surface area contributed by atoms with E-state index >= 15 is 0 Å². The topological polar surface area (TPSA) is 17.1 Å².